The number of sulfone groups is 2. The third-order valence-electron chi connectivity index (χ3n) is 16.8. The second kappa shape index (κ2) is 31.2. The van der Waals surface area contributed by atoms with Crippen molar-refractivity contribution >= 4 is 65.3 Å². The van der Waals surface area contributed by atoms with E-state index in [-0.39, 0.29) is 84.9 Å². The summed E-state index contributed by atoms with van der Waals surface area (Å²) in [5.74, 6) is -3.83. The van der Waals surface area contributed by atoms with Crippen LogP contribution in [0.25, 0.3) is 44.1 Å². The van der Waals surface area contributed by atoms with Crippen LogP contribution in [0.4, 0.5) is 47.8 Å². The molecule has 20 nitrogen and oxygen atoms in total. The molecular weight excluding hydrogens is 1390 g/mol. The fraction of sp³-hybridized carbons (Fsp3) is 0.316. The summed E-state index contributed by atoms with van der Waals surface area (Å²) in [7, 11) is -7.96. The Morgan fingerprint density at radius 2 is 0.846 bits per heavy atom. The van der Waals surface area contributed by atoms with E-state index in [9.17, 15) is 44.0 Å². The second-order valence-electron chi connectivity index (χ2n) is 27.5. The van der Waals surface area contributed by atoms with Crippen LogP contribution in [0, 0.1) is 37.1 Å². The van der Waals surface area contributed by atoms with Crippen LogP contribution in [0.15, 0.2) is 158 Å². The Balaban J connectivity index is 0.000000208. The topological polar surface area (TPSA) is 247 Å². The van der Waals surface area contributed by atoms with Crippen LogP contribution in [-0.2, 0) is 52.2 Å². The van der Waals surface area contributed by atoms with Gasteiger partial charge in [-0.3, -0.25) is 0 Å². The van der Waals surface area contributed by atoms with E-state index < -0.39 is 114 Å². The zero-order chi connectivity index (χ0) is 74.4. The highest BCUT2D eigenvalue weighted by atomic mass is 32.2. The molecule has 2 N–H and O–H groups in total. The first-order valence-corrected chi connectivity index (χ1v) is 36.9. The van der Waals surface area contributed by atoms with Crippen molar-refractivity contribution in [3.8, 4) is 45.8 Å². The minimum atomic E-state index is -3.98. The number of anilines is 2. The Kier molecular flexibility index (Phi) is 22.4. The van der Waals surface area contributed by atoms with E-state index in [2.05, 4.69) is 40.5 Å². The number of nitrogens with zero attached hydrogens (tertiary/aromatic N) is 8. The van der Waals surface area contributed by atoms with Gasteiger partial charge in [-0.25, -0.2) is 82.7 Å². The lowest BCUT2D eigenvalue weighted by Gasteiger charge is -2.36. The number of hydrogen-bond acceptors (Lipinski definition) is 18. The third-order valence-corrected chi connectivity index (χ3v) is 19.7. The van der Waals surface area contributed by atoms with Crippen molar-refractivity contribution in [3.63, 3.8) is 0 Å². The number of pyridine rings is 2. The molecule has 2 saturated heterocycles. The van der Waals surface area contributed by atoms with Crippen LogP contribution in [0.1, 0.15) is 87.8 Å². The Morgan fingerprint density at radius 1 is 0.462 bits per heavy atom. The van der Waals surface area contributed by atoms with Crippen LogP contribution in [0.2, 0.25) is 0 Å². The van der Waals surface area contributed by atoms with E-state index >= 15 is 8.78 Å². The van der Waals surface area contributed by atoms with Crippen molar-refractivity contribution in [3.05, 3.63) is 215 Å². The normalized spacial score (nSPS) is 16.5. The van der Waals surface area contributed by atoms with Gasteiger partial charge >= 0.3 is 12.2 Å². The lowest BCUT2D eigenvalue weighted by Crippen LogP contribution is -2.51. The maximum atomic E-state index is 15.3. The summed E-state index contributed by atoms with van der Waals surface area (Å²) >= 11 is 0. The average Bonchev–Trinajstić information content (AvgIpc) is 0.772. The first-order chi connectivity index (χ1) is 49.3. The van der Waals surface area contributed by atoms with Gasteiger partial charge in [0.25, 0.3) is 0 Å². The number of piperidine rings is 2. The number of aryl methyl sites for hydroxylation is 2. The standard InChI is InChI=1S/2C38H38F3N5O5S/c2*1-23-11-12-27-28(13-14-32(41)30(27)22-52(48,49)21-24-8-5-6-10-31(24)40)34(23)50-35-29(9-7-16-42-35)33-15-17-43-36(45-33)44-26-18-25(39)19-46(20-26)37(47)51-38(2,3)4/h2*5-17,25-26H,18-22H2,1-4H3,(H,43,44,45)/t2*25-,26-/m10/s1. The highest BCUT2D eigenvalue weighted by Crippen LogP contribution is 2.41. The number of amides is 2. The molecule has 544 valence electrons. The number of halogens is 6. The summed E-state index contributed by atoms with van der Waals surface area (Å²) in [5, 5.41) is 7.83. The summed E-state index contributed by atoms with van der Waals surface area (Å²) in [6.07, 6.45) is 2.67. The highest BCUT2D eigenvalue weighted by molar-refractivity contribution is 7.90. The molecule has 0 aliphatic carbocycles. The molecular formula is C76H76F6N10O10S2. The number of fused-ring (bicyclic) bond motifs is 2. The number of alkyl halides is 2. The number of rotatable bonds is 18. The van der Waals surface area contributed by atoms with E-state index in [1.807, 2.05) is 0 Å². The molecule has 10 aromatic rings. The highest BCUT2D eigenvalue weighted by Gasteiger charge is 2.36. The first kappa shape index (κ1) is 74.7. The second-order valence-corrected chi connectivity index (χ2v) is 31.6. The molecule has 12 rings (SSSR count). The van der Waals surface area contributed by atoms with Gasteiger partial charge in [-0.2, -0.15) is 0 Å². The fourth-order valence-corrected chi connectivity index (χ4v) is 15.2. The molecule has 104 heavy (non-hydrogen) atoms. The Morgan fingerprint density at radius 3 is 1.23 bits per heavy atom. The SMILES string of the molecule is Cc1ccc2c(CS(=O)(=O)Cc3ccccc3F)c(F)ccc2c1Oc1ncccc1-c1ccnc(N[C@@H]2C[C@@H](F)CN(C(=O)OC(C)(C)C)C2)n1.Cc1ccc2c(CS(=O)(=O)Cc3ccccc3F)c(F)ccc2c1Oc1ncccc1-c1ccnc(N[C@H]2C[C@H](F)CN(C(=O)OC(C)(C)C)C2)n1. The molecule has 2 aliphatic heterocycles. The minimum Gasteiger partial charge on any atom is -0.444 e. The van der Waals surface area contributed by atoms with Crippen molar-refractivity contribution in [2.45, 2.75) is 127 Å². The van der Waals surface area contributed by atoms with E-state index in [0.717, 1.165) is 0 Å². The summed E-state index contributed by atoms with van der Waals surface area (Å²) in [6, 6.07) is 32.4. The summed E-state index contributed by atoms with van der Waals surface area (Å²) in [5.41, 5.74) is 1.62. The molecule has 2 fully saturated rings. The number of carbonyl (C=O) groups excluding carboxylic acids is 2. The maximum Gasteiger partial charge on any atom is 0.410 e. The predicted molar refractivity (Wildman–Crippen MR) is 383 cm³/mol. The molecule has 0 spiro atoms. The van der Waals surface area contributed by atoms with Crippen LogP contribution < -0.4 is 20.1 Å². The van der Waals surface area contributed by atoms with E-state index in [0.29, 0.717) is 66.7 Å². The Hall–Kier alpha value is -10.5. The van der Waals surface area contributed by atoms with Crippen LogP contribution in [-0.4, -0.2) is 131 Å². The summed E-state index contributed by atoms with van der Waals surface area (Å²) in [4.78, 5) is 54.8. The quantitative estimate of drug-likeness (QED) is 0.0758. The molecule has 4 atom stereocenters. The minimum absolute atomic E-state index is 0.00175. The number of carbonyl (C=O) groups is 2. The van der Waals surface area contributed by atoms with Gasteiger partial charge in [0.2, 0.25) is 23.7 Å². The monoisotopic (exact) mass is 1470 g/mol. The van der Waals surface area contributed by atoms with E-state index in [1.54, 1.807) is 128 Å². The molecule has 2 aliphatic rings. The van der Waals surface area contributed by atoms with Gasteiger partial charge in [0, 0.05) is 95.8 Å². The van der Waals surface area contributed by atoms with Gasteiger partial charge in [-0.1, -0.05) is 60.7 Å². The fourth-order valence-electron chi connectivity index (χ4n) is 12.1. The number of aromatic nitrogens is 6. The van der Waals surface area contributed by atoms with E-state index in [4.69, 9.17) is 18.9 Å². The summed E-state index contributed by atoms with van der Waals surface area (Å²) in [6.45, 7) is 14.3. The van der Waals surface area contributed by atoms with Crippen LogP contribution >= 0.6 is 0 Å². The molecule has 0 bridgehead atoms. The largest absolute Gasteiger partial charge is 0.444 e. The van der Waals surface area contributed by atoms with Gasteiger partial charge in [-0.05, 0) is 150 Å². The van der Waals surface area contributed by atoms with Crippen molar-refractivity contribution < 1.29 is 71.7 Å². The number of nitrogens with one attached hydrogen (secondary N) is 2. The van der Waals surface area contributed by atoms with Crippen molar-refractivity contribution in [1.29, 1.82) is 0 Å². The van der Waals surface area contributed by atoms with Gasteiger partial charge in [-0.15, -0.1) is 0 Å². The lowest BCUT2D eigenvalue weighted by molar-refractivity contribution is 0.0117. The zero-order valence-corrected chi connectivity index (χ0v) is 59.8. The van der Waals surface area contributed by atoms with Gasteiger partial charge in [0.1, 0.15) is 58.3 Å². The van der Waals surface area contributed by atoms with Gasteiger partial charge in [0.15, 0.2) is 19.7 Å². The number of hydrogen-bond donors (Lipinski definition) is 2. The molecule has 0 saturated carbocycles. The molecule has 4 aromatic heterocycles. The van der Waals surface area contributed by atoms with Crippen molar-refractivity contribution in [2.24, 2.45) is 0 Å². The number of benzene rings is 6. The molecule has 28 heteroatoms. The van der Waals surface area contributed by atoms with Crippen LogP contribution in [0.5, 0.6) is 23.3 Å². The zero-order valence-electron chi connectivity index (χ0n) is 58.1. The Labute approximate surface area is 598 Å². The predicted octanol–water partition coefficient (Wildman–Crippen LogP) is 15.9. The van der Waals surface area contributed by atoms with Crippen molar-refractivity contribution in [1.82, 2.24) is 39.7 Å². The number of likely N-dealkylation sites (tertiary alicyclic amines) is 2. The molecule has 2 amide bonds. The molecule has 0 unspecified atom stereocenters. The van der Waals surface area contributed by atoms with Crippen molar-refractivity contribution in [2.75, 3.05) is 36.8 Å². The molecule has 6 aromatic carbocycles. The first-order valence-electron chi connectivity index (χ1n) is 33.3. The number of ether oxygens (including phenoxy) is 4. The van der Waals surface area contributed by atoms with Crippen LogP contribution in [0.3, 0.4) is 0 Å². The lowest BCUT2D eigenvalue weighted by atomic mass is 10.0. The third kappa shape index (κ3) is 18.8. The van der Waals surface area contributed by atoms with Gasteiger partial charge < -0.3 is 39.4 Å². The summed E-state index contributed by atoms with van der Waals surface area (Å²) < 4.78 is 165. The average molecular weight is 1470 g/mol. The molecule has 0 radical (unpaired) electrons. The molecule has 6 heterocycles. The Bertz CT molecular complexity index is 4780. The smallest absolute Gasteiger partial charge is 0.410 e. The van der Waals surface area contributed by atoms with E-state index in [1.165, 1.54) is 95.3 Å². The maximum absolute atomic E-state index is 15.3. The van der Waals surface area contributed by atoms with Gasteiger partial charge in [0.05, 0.1) is 58.6 Å².